The van der Waals surface area contributed by atoms with E-state index < -0.39 is 0 Å². The molecule has 0 aliphatic carbocycles. The summed E-state index contributed by atoms with van der Waals surface area (Å²) < 4.78 is 0. The van der Waals surface area contributed by atoms with Crippen LogP contribution in [0.4, 0.5) is 0 Å². The molecule has 2 nitrogen and oxygen atoms in total. The maximum absolute atomic E-state index is 9.03. The SMILES string of the molecule is CCCSc1c(C#N)nc(C)c(C)c1C. The molecule has 0 aliphatic rings. The predicted octanol–water partition coefficient (Wildman–Crippen LogP) is 3.38. The van der Waals surface area contributed by atoms with Crippen LogP contribution in [0.2, 0.25) is 0 Å². The lowest BCUT2D eigenvalue weighted by Gasteiger charge is -2.11. The smallest absolute Gasteiger partial charge is 0.154 e. The highest BCUT2D eigenvalue weighted by Gasteiger charge is 2.11. The van der Waals surface area contributed by atoms with Crippen LogP contribution in [0.15, 0.2) is 4.90 Å². The van der Waals surface area contributed by atoms with Crippen molar-refractivity contribution < 1.29 is 0 Å². The van der Waals surface area contributed by atoms with E-state index in [1.807, 2.05) is 6.92 Å². The summed E-state index contributed by atoms with van der Waals surface area (Å²) in [7, 11) is 0. The first-order valence-corrected chi connectivity index (χ1v) is 6.11. The Morgan fingerprint density at radius 2 is 1.93 bits per heavy atom. The third-order valence-electron chi connectivity index (χ3n) is 2.50. The molecule has 0 amide bonds. The van der Waals surface area contributed by atoms with E-state index in [1.54, 1.807) is 11.8 Å². The van der Waals surface area contributed by atoms with Crippen molar-refractivity contribution in [3.8, 4) is 6.07 Å². The summed E-state index contributed by atoms with van der Waals surface area (Å²) in [6, 6.07) is 2.18. The van der Waals surface area contributed by atoms with Gasteiger partial charge in [0.25, 0.3) is 0 Å². The van der Waals surface area contributed by atoms with Gasteiger partial charge in [-0.05, 0) is 44.1 Å². The fourth-order valence-corrected chi connectivity index (χ4v) is 2.38. The molecule has 0 radical (unpaired) electrons. The van der Waals surface area contributed by atoms with Crippen LogP contribution in [0.3, 0.4) is 0 Å². The highest BCUT2D eigenvalue weighted by atomic mass is 32.2. The quantitative estimate of drug-likeness (QED) is 0.733. The molecule has 0 spiro atoms. The number of hydrogen-bond donors (Lipinski definition) is 0. The highest BCUT2D eigenvalue weighted by molar-refractivity contribution is 7.99. The molecule has 0 saturated heterocycles. The Bertz CT molecular complexity index is 405. The van der Waals surface area contributed by atoms with Gasteiger partial charge in [0.15, 0.2) is 5.69 Å². The third-order valence-corrected chi connectivity index (χ3v) is 3.90. The van der Waals surface area contributed by atoms with Crippen LogP contribution in [0.1, 0.15) is 35.9 Å². The molecule has 0 atom stereocenters. The van der Waals surface area contributed by atoms with Crippen LogP contribution < -0.4 is 0 Å². The molecule has 0 unspecified atom stereocenters. The zero-order valence-electron chi connectivity index (χ0n) is 9.72. The van der Waals surface area contributed by atoms with E-state index in [4.69, 9.17) is 5.26 Å². The lowest BCUT2D eigenvalue weighted by atomic mass is 10.1. The average Bonchev–Trinajstić information content (AvgIpc) is 2.24. The zero-order valence-corrected chi connectivity index (χ0v) is 10.5. The number of nitriles is 1. The largest absolute Gasteiger partial charge is 0.241 e. The van der Waals surface area contributed by atoms with Gasteiger partial charge in [-0.1, -0.05) is 6.92 Å². The number of rotatable bonds is 3. The number of pyridine rings is 1. The molecule has 0 fully saturated rings. The molecule has 0 saturated carbocycles. The lowest BCUT2D eigenvalue weighted by Crippen LogP contribution is -1.99. The van der Waals surface area contributed by atoms with Crippen molar-refractivity contribution in [2.24, 2.45) is 0 Å². The van der Waals surface area contributed by atoms with Crippen LogP contribution >= 0.6 is 11.8 Å². The summed E-state index contributed by atoms with van der Waals surface area (Å²) in [6.07, 6.45) is 1.11. The minimum Gasteiger partial charge on any atom is -0.241 e. The number of hydrogen-bond acceptors (Lipinski definition) is 3. The first kappa shape index (κ1) is 12.1. The number of thioether (sulfide) groups is 1. The molecule has 3 heteroatoms. The van der Waals surface area contributed by atoms with Crippen molar-refractivity contribution in [1.82, 2.24) is 4.98 Å². The second kappa shape index (κ2) is 5.18. The molecule has 0 N–H and O–H groups in total. The van der Waals surface area contributed by atoms with Gasteiger partial charge >= 0.3 is 0 Å². The molecule has 0 bridgehead atoms. The van der Waals surface area contributed by atoms with Crippen molar-refractivity contribution >= 4 is 11.8 Å². The molecule has 1 rings (SSSR count). The normalized spacial score (nSPS) is 10.1. The van der Waals surface area contributed by atoms with Crippen molar-refractivity contribution in [1.29, 1.82) is 5.26 Å². The highest BCUT2D eigenvalue weighted by Crippen LogP contribution is 2.28. The standard InChI is InChI=1S/C12H16N2S/c1-5-6-15-12-9(3)8(2)10(4)14-11(12)7-13/h5-6H2,1-4H3. The Balaban J connectivity index is 3.23. The maximum atomic E-state index is 9.03. The molecular weight excluding hydrogens is 204 g/mol. The van der Waals surface area contributed by atoms with Crippen molar-refractivity contribution in [3.63, 3.8) is 0 Å². The van der Waals surface area contributed by atoms with Gasteiger partial charge in [0.2, 0.25) is 0 Å². The number of aromatic nitrogens is 1. The van der Waals surface area contributed by atoms with Crippen LogP contribution in [0, 0.1) is 32.1 Å². The second-order valence-corrected chi connectivity index (χ2v) is 4.69. The Hall–Kier alpha value is -1.01. The Morgan fingerprint density at radius 1 is 1.27 bits per heavy atom. The Kier molecular flexibility index (Phi) is 4.16. The van der Waals surface area contributed by atoms with Gasteiger partial charge in [-0.15, -0.1) is 11.8 Å². The summed E-state index contributed by atoms with van der Waals surface area (Å²) in [4.78, 5) is 5.38. The van der Waals surface area contributed by atoms with Gasteiger partial charge in [0, 0.05) is 10.6 Å². The second-order valence-electron chi connectivity index (χ2n) is 3.59. The van der Waals surface area contributed by atoms with Gasteiger partial charge in [0.1, 0.15) is 6.07 Å². The first-order chi connectivity index (χ1) is 7.11. The van der Waals surface area contributed by atoms with Crippen LogP contribution in [-0.2, 0) is 0 Å². The molecule has 15 heavy (non-hydrogen) atoms. The Labute approximate surface area is 95.7 Å². The molecule has 80 valence electrons. The number of aryl methyl sites for hydroxylation is 1. The molecule has 0 aliphatic heterocycles. The van der Waals surface area contributed by atoms with Crippen molar-refractivity contribution in [3.05, 3.63) is 22.5 Å². The van der Waals surface area contributed by atoms with Crippen LogP contribution in [0.25, 0.3) is 0 Å². The lowest BCUT2D eigenvalue weighted by molar-refractivity contribution is 1.03. The summed E-state index contributed by atoms with van der Waals surface area (Å²) in [6.45, 7) is 8.23. The van der Waals surface area contributed by atoms with Crippen molar-refractivity contribution in [2.75, 3.05) is 5.75 Å². The van der Waals surface area contributed by atoms with E-state index in [9.17, 15) is 0 Å². The van der Waals surface area contributed by atoms with Gasteiger partial charge in [0.05, 0.1) is 0 Å². The summed E-state index contributed by atoms with van der Waals surface area (Å²) in [5.41, 5.74) is 3.95. The average molecular weight is 220 g/mol. The van der Waals surface area contributed by atoms with E-state index in [2.05, 4.69) is 31.8 Å². The predicted molar refractivity (Wildman–Crippen MR) is 64.2 cm³/mol. The van der Waals surface area contributed by atoms with E-state index in [-0.39, 0.29) is 0 Å². The van der Waals surface area contributed by atoms with Crippen LogP contribution in [0.5, 0.6) is 0 Å². The topological polar surface area (TPSA) is 36.7 Å². The minimum absolute atomic E-state index is 0.578. The maximum Gasteiger partial charge on any atom is 0.154 e. The summed E-state index contributed by atoms with van der Waals surface area (Å²) in [5.74, 6) is 1.04. The van der Waals surface area contributed by atoms with E-state index in [0.717, 1.165) is 22.8 Å². The third kappa shape index (κ3) is 2.51. The summed E-state index contributed by atoms with van der Waals surface area (Å²) >= 11 is 1.74. The Morgan fingerprint density at radius 3 is 2.47 bits per heavy atom. The number of nitrogens with zero attached hydrogens (tertiary/aromatic N) is 2. The fourth-order valence-electron chi connectivity index (χ4n) is 1.38. The van der Waals surface area contributed by atoms with E-state index in [1.165, 1.54) is 11.1 Å². The zero-order chi connectivity index (χ0) is 11.4. The molecule has 0 aromatic carbocycles. The van der Waals surface area contributed by atoms with Crippen molar-refractivity contribution in [2.45, 2.75) is 39.0 Å². The molecule has 1 aromatic rings. The minimum atomic E-state index is 0.578. The van der Waals surface area contributed by atoms with Gasteiger partial charge in [-0.2, -0.15) is 5.26 Å². The fraction of sp³-hybridized carbons (Fsp3) is 0.500. The van der Waals surface area contributed by atoms with Gasteiger partial charge < -0.3 is 0 Å². The summed E-state index contributed by atoms with van der Waals surface area (Å²) in [5, 5.41) is 9.03. The van der Waals surface area contributed by atoms with Gasteiger partial charge in [-0.25, -0.2) is 4.98 Å². The van der Waals surface area contributed by atoms with E-state index in [0.29, 0.717) is 5.69 Å². The molecule has 1 aromatic heterocycles. The molecule has 1 heterocycles. The monoisotopic (exact) mass is 220 g/mol. The van der Waals surface area contributed by atoms with Crippen LogP contribution in [-0.4, -0.2) is 10.7 Å². The molecular formula is C12H16N2S. The van der Waals surface area contributed by atoms with Gasteiger partial charge in [-0.3, -0.25) is 0 Å². The first-order valence-electron chi connectivity index (χ1n) is 5.12. The van der Waals surface area contributed by atoms with E-state index >= 15 is 0 Å².